The second-order valence-electron chi connectivity index (χ2n) is 5.66. The predicted octanol–water partition coefficient (Wildman–Crippen LogP) is 2.12. The summed E-state index contributed by atoms with van der Waals surface area (Å²) in [6.07, 6.45) is 3.14. The topological polar surface area (TPSA) is 55.6 Å². The van der Waals surface area contributed by atoms with Crippen LogP contribution in [0.3, 0.4) is 0 Å². The zero-order valence-corrected chi connectivity index (χ0v) is 14.0. The number of thioether (sulfide) groups is 1. The lowest BCUT2D eigenvalue weighted by atomic mass is 10.0. The molecule has 2 N–H and O–H groups in total. The van der Waals surface area contributed by atoms with Gasteiger partial charge in [0, 0.05) is 19.7 Å². The summed E-state index contributed by atoms with van der Waals surface area (Å²) >= 11 is 1.77. The number of nitrogens with two attached hydrogens (primary N) is 1. The molecule has 1 unspecified atom stereocenters. The van der Waals surface area contributed by atoms with Gasteiger partial charge in [-0.1, -0.05) is 20.8 Å². The van der Waals surface area contributed by atoms with Gasteiger partial charge in [-0.25, -0.2) is 0 Å². The van der Waals surface area contributed by atoms with E-state index in [1.54, 1.807) is 11.8 Å². The van der Waals surface area contributed by atoms with Gasteiger partial charge in [-0.2, -0.15) is 0 Å². The van der Waals surface area contributed by atoms with Gasteiger partial charge in [0.2, 0.25) is 5.91 Å². The fourth-order valence-corrected chi connectivity index (χ4v) is 3.52. The highest BCUT2D eigenvalue weighted by Gasteiger charge is 2.30. The fraction of sp³-hybridized carbons (Fsp3) is 0.933. The summed E-state index contributed by atoms with van der Waals surface area (Å²) in [5, 5.41) is 0.106. The number of hydrogen-bond donors (Lipinski definition) is 1. The number of carbonyl (C=O) groups is 1. The Morgan fingerprint density at radius 3 is 2.55 bits per heavy atom. The van der Waals surface area contributed by atoms with E-state index in [2.05, 4.69) is 20.8 Å². The van der Waals surface area contributed by atoms with Crippen LogP contribution in [0.25, 0.3) is 0 Å². The molecule has 1 atom stereocenters. The molecule has 0 saturated carbocycles. The van der Waals surface area contributed by atoms with E-state index in [-0.39, 0.29) is 5.25 Å². The van der Waals surface area contributed by atoms with Crippen LogP contribution >= 0.6 is 11.8 Å². The molecular weight excluding hydrogens is 272 g/mol. The first-order valence-corrected chi connectivity index (χ1v) is 8.87. The van der Waals surface area contributed by atoms with Crippen molar-refractivity contribution in [1.82, 2.24) is 4.90 Å². The molecule has 1 fully saturated rings. The molecule has 0 aromatic heterocycles. The van der Waals surface area contributed by atoms with E-state index >= 15 is 0 Å². The molecule has 5 heteroatoms. The SMILES string of the molecule is CCSC(C(=O)N1CCC(OCCCN)CC1)C(C)C. The zero-order chi connectivity index (χ0) is 15.0. The van der Waals surface area contributed by atoms with Gasteiger partial charge in [-0.3, -0.25) is 4.79 Å². The monoisotopic (exact) mass is 302 g/mol. The van der Waals surface area contributed by atoms with Crippen molar-refractivity contribution in [3.63, 3.8) is 0 Å². The van der Waals surface area contributed by atoms with Crippen molar-refractivity contribution in [2.24, 2.45) is 11.7 Å². The van der Waals surface area contributed by atoms with Gasteiger partial charge in [0.25, 0.3) is 0 Å². The summed E-state index contributed by atoms with van der Waals surface area (Å²) in [7, 11) is 0. The van der Waals surface area contributed by atoms with E-state index < -0.39 is 0 Å². The minimum absolute atomic E-state index is 0.106. The fourth-order valence-electron chi connectivity index (χ4n) is 2.48. The molecule has 20 heavy (non-hydrogen) atoms. The van der Waals surface area contributed by atoms with Gasteiger partial charge < -0.3 is 15.4 Å². The van der Waals surface area contributed by atoms with Crippen LogP contribution in [0.4, 0.5) is 0 Å². The van der Waals surface area contributed by atoms with Crippen LogP contribution in [0, 0.1) is 5.92 Å². The minimum Gasteiger partial charge on any atom is -0.378 e. The quantitative estimate of drug-likeness (QED) is 0.698. The van der Waals surface area contributed by atoms with E-state index in [1.807, 2.05) is 4.90 Å². The molecule has 1 heterocycles. The largest absolute Gasteiger partial charge is 0.378 e. The number of carbonyl (C=O) groups excluding carboxylic acids is 1. The van der Waals surface area contributed by atoms with Crippen LogP contribution in [0.2, 0.25) is 0 Å². The number of piperidine rings is 1. The summed E-state index contributed by atoms with van der Waals surface area (Å²) in [5.41, 5.74) is 5.46. The first kappa shape index (κ1) is 17.8. The molecule has 0 aromatic rings. The highest BCUT2D eigenvalue weighted by Crippen LogP contribution is 2.24. The lowest BCUT2D eigenvalue weighted by molar-refractivity contribution is -0.134. The van der Waals surface area contributed by atoms with Crippen LogP contribution in [0.15, 0.2) is 0 Å². The maximum atomic E-state index is 12.5. The van der Waals surface area contributed by atoms with Crippen molar-refractivity contribution >= 4 is 17.7 Å². The summed E-state index contributed by atoms with van der Waals surface area (Å²) in [6.45, 7) is 9.48. The van der Waals surface area contributed by atoms with Gasteiger partial charge in [-0.05, 0) is 37.5 Å². The van der Waals surface area contributed by atoms with Crippen LogP contribution in [0.1, 0.15) is 40.0 Å². The number of rotatable bonds is 8. The maximum absolute atomic E-state index is 12.5. The summed E-state index contributed by atoms with van der Waals surface area (Å²) in [5.74, 6) is 1.70. The van der Waals surface area contributed by atoms with Crippen molar-refractivity contribution in [1.29, 1.82) is 0 Å². The number of nitrogens with zero attached hydrogens (tertiary/aromatic N) is 1. The van der Waals surface area contributed by atoms with Crippen LogP contribution in [0.5, 0.6) is 0 Å². The summed E-state index contributed by atoms with van der Waals surface area (Å²) < 4.78 is 5.78. The van der Waals surface area contributed by atoms with Gasteiger partial charge in [0.05, 0.1) is 11.4 Å². The molecule has 1 saturated heterocycles. The van der Waals surface area contributed by atoms with Crippen molar-refractivity contribution < 1.29 is 9.53 Å². The van der Waals surface area contributed by atoms with Crippen LogP contribution in [-0.2, 0) is 9.53 Å². The smallest absolute Gasteiger partial charge is 0.235 e. The second-order valence-corrected chi connectivity index (χ2v) is 7.08. The molecule has 118 valence electrons. The first-order chi connectivity index (χ1) is 9.60. The molecule has 1 amide bonds. The zero-order valence-electron chi connectivity index (χ0n) is 13.1. The van der Waals surface area contributed by atoms with Crippen molar-refractivity contribution in [2.45, 2.75) is 51.4 Å². The highest BCUT2D eigenvalue weighted by molar-refractivity contribution is 8.00. The summed E-state index contributed by atoms with van der Waals surface area (Å²) in [4.78, 5) is 14.6. The third-order valence-electron chi connectivity index (χ3n) is 3.65. The van der Waals surface area contributed by atoms with Gasteiger partial charge in [0.1, 0.15) is 0 Å². The molecule has 0 bridgehead atoms. The molecule has 0 radical (unpaired) electrons. The van der Waals surface area contributed by atoms with Crippen molar-refractivity contribution in [3.8, 4) is 0 Å². The van der Waals surface area contributed by atoms with Crippen LogP contribution in [-0.4, -0.2) is 54.2 Å². The van der Waals surface area contributed by atoms with Gasteiger partial charge in [0.15, 0.2) is 0 Å². The van der Waals surface area contributed by atoms with Crippen LogP contribution < -0.4 is 5.73 Å². The molecule has 0 aliphatic carbocycles. The number of hydrogen-bond acceptors (Lipinski definition) is 4. The Morgan fingerprint density at radius 2 is 2.05 bits per heavy atom. The average Bonchev–Trinajstić information content (AvgIpc) is 2.45. The second kappa shape index (κ2) is 9.64. The predicted molar refractivity (Wildman–Crippen MR) is 86.0 cm³/mol. The van der Waals surface area contributed by atoms with Crippen molar-refractivity contribution in [2.75, 3.05) is 32.0 Å². The molecule has 1 rings (SSSR count). The molecular formula is C15H30N2O2S. The summed E-state index contributed by atoms with van der Waals surface area (Å²) in [6, 6.07) is 0. The molecule has 1 aliphatic rings. The third-order valence-corrected chi connectivity index (χ3v) is 5.09. The first-order valence-electron chi connectivity index (χ1n) is 7.82. The lowest BCUT2D eigenvalue weighted by Crippen LogP contribution is -2.46. The molecule has 0 spiro atoms. The Balaban J connectivity index is 2.37. The standard InChI is InChI=1S/C15H30N2O2S/c1-4-20-14(12(2)3)15(18)17-9-6-13(7-10-17)19-11-5-8-16/h12-14H,4-11,16H2,1-3H3. The van der Waals surface area contributed by atoms with Gasteiger partial charge in [-0.15, -0.1) is 11.8 Å². The van der Waals surface area contributed by atoms with E-state index in [1.165, 1.54) is 0 Å². The number of amides is 1. The van der Waals surface area contributed by atoms with E-state index in [0.29, 0.717) is 24.5 Å². The van der Waals surface area contributed by atoms with E-state index in [0.717, 1.165) is 44.7 Å². The van der Waals surface area contributed by atoms with E-state index in [4.69, 9.17) is 10.5 Å². The number of likely N-dealkylation sites (tertiary alicyclic amines) is 1. The third kappa shape index (κ3) is 5.62. The normalized spacial score (nSPS) is 18.6. The molecule has 1 aliphatic heterocycles. The molecule has 0 aromatic carbocycles. The van der Waals surface area contributed by atoms with Crippen molar-refractivity contribution in [3.05, 3.63) is 0 Å². The molecule has 4 nitrogen and oxygen atoms in total. The minimum atomic E-state index is 0.106. The Labute approximate surface area is 127 Å². The van der Waals surface area contributed by atoms with E-state index in [9.17, 15) is 4.79 Å². The Bertz CT molecular complexity index is 279. The average molecular weight is 302 g/mol. The Hall–Kier alpha value is -0.260. The Kier molecular flexibility index (Phi) is 8.57. The maximum Gasteiger partial charge on any atom is 0.235 e. The van der Waals surface area contributed by atoms with Gasteiger partial charge >= 0.3 is 0 Å². The lowest BCUT2D eigenvalue weighted by Gasteiger charge is -2.35. The highest BCUT2D eigenvalue weighted by atomic mass is 32.2. The Morgan fingerprint density at radius 1 is 1.40 bits per heavy atom. The number of ether oxygens (including phenoxy) is 1.